The van der Waals surface area contributed by atoms with Crippen molar-refractivity contribution in [2.45, 2.75) is 23.1 Å². The number of nitrogens with one attached hydrogen (secondary N) is 1. The molecule has 0 saturated carbocycles. The van der Waals surface area contributed by atoms with Crippen LogP contribution in [0.2, 0.25) is 0 Å². The van der Waals surface area contributed by atoms with Crippen molar-refractivity contribution < 1.29 is 4.74 Å². The second kappa shape index (κ2) is 5.32. The highest BCUT2D eigenvalue weighted by Crippen LogP contribution is 2.28. The van der Waals surface area contributed by atoms with E-state index < -0.39 is 0 Å². The first-order chi connectivity index (χ1) is 7.38. The largest absolute Gasteiger partial charge is 0.381 e. The molecule has 1 saturated heterocycles. The van der Waals surface area contributed by atoms with Gasteiger partial charge >= 0.3 is 0 Å². The summed E-state index contributed by atoms with van der Waals surface area (Å²) in [7, 11) is 1.83. The molecule has 1 aromatic heterocycles. The lowest BCUT2D eigenvalue weighted by Crippen LogP contribution is -2.17. The fourth-order valence-electron chi connectivity index (χ4n) is 1.49. The Balaban J connectivity index is 1.96. The van der Waals surface area contributed by atoms with E-state index in [9.17, 15) is 0 Å². The van der Waals surface area contributed by atoms with Gasteiger partial charge in [-0.25, -0.2) is 9.97 Å². The molecule has 1 aromatic rings. The van der Waals surface area contributed by atoms with Gasteiger partial charge in [-0.15, -0.1) is 11.8 Å². The van der Waals surface area contributed by atoms with Gasteiger partial charge in [-0.1, -0.05) is 0 Å². The average molecular weight is 225 g/mol. The third kappa shape index (κ3) is 3.07. The van der Waals surface area contributed by atoms with E-state index in [2.05, 4.69) is 15.3 Å². The molecule has 0 amide bonds. The van der Waals surface area contributed by atoms with Crippen LogP contribution in [0.1, 0.15) is 12.8 Å². The third-order valence-electron chi connectivity index (χ3n) is 2.31. The zero-order valence-corrected chi connectivity index (χ0v) is 9.59. The fraction of sp³-hybridized carbons (Fsp3) is 0.600. The molecular formula is C10H15N3OS. The molecule has 4 nitrogen and oxygen atoms in total. The molecule has 0 atom stereocenters. The molecule has 82 valence electrons. The lowest BCUT2D eigenvalue weighted by molar-refractivity contribution is 0.1000. The number of nitrogens with zero attached hydrogens (tertiary/aromatic N) is 2. The average Bonchev–Trinajstić information content (AvgIpc) is 2.31. The molecule has 0 unspecified atom stereocenters. The van der Waals surface area contributed by atoms with Crippen molar-refractivity contribution in [3.63, 3.8) is 0 Å². The van der Waals surface area contributed by atoms with Gasteiger partial charge in [0.15, 0.2) is 0 Å². The Hall–Kier alpha value is -0.810. The number of hydrogen-bond donors (Lipinski definition) is 1. The predicted molar refractivity (Wildman–Crippen MR) is 61.3 cm³/mol. The number of aromatic nitrogens is 2. The number of anilines is 1. The summed E-state index contributed by atoms with van der Waals surface area (Å²) in [5.74, 6) is 0.687. The fourth-order valence-corrected chi connectivity index (χ4v) is 2.54. The number of ether oxygens (including phenoxy) is 1. The van der Waals surface area contributed by atoms with Gasteiger partial charge in [-0.2, -0.15) is 0 Å². The molecule has 2 heterocycles. The zero-order valence-electron chi connectivity index (χ0n) is 8.77. The van der Waals surface area contributed by atoms with E-state index in [0.29, 0.717) is 11.2 Å². The number of rotatable bonds is 3. The maximum absolute atomic E-state index is 5.32. The summed E-state index contributed by atoms with van der Waals surface area (Å²) in [5.41, 5.74) is 0. The number of hydrogen-bond acceptors (Lipinski definition) is 5. The van der Waals surface area contributed by atoms with E-state index in [1.54, 1.807) is 6.20 Å². The highest BCUT2D eigenvalue weighted by Gasteiger charge is 2.15. The van der Waals surface area contributed by atoms with Gasteiger partial charge in [0, 0.05) is 31.7 Å². The van der Waals surface area contributed by atoms with Crippen LogP contribution in [-0.4, -0.2) is 35.5 Å². The third-order valence-corrected chi connectivity index (χ3v) is 3.58. The van der Waals surface area contributed by atoms with Crippen molar-refractivity contribution >= 4 is 17.7 Å². The molecule has 15 heavy (non-hydrogen) atoms. The molecular weight excluding hydrogens is 210 g/mol. The van der Waals surface area contributed by atoms with Crippen LogP contribution >= 0.6 is 11.8 Å². The normalized spacial score (nSPS) is 17.7. The summed E-state index contributed by atoms with van der Waals surface area (Å²) in [6, 6.07) is 1.96. The van der Waals surface area contributed by atoms with Crippen LogP contribution in [0, 0.1) is 0 Å². The van der Waals surface area contributed by atoms with Crippen molar-refractivity contribution in [2.75, 3.05) is 25.6 Å². The summed E-state index contributed by atoms with van der Waals surface area (Å²) in [6.45, 7) is 1.75. The topological polar surface area (TPSA) is 47.0 Å². The Labute approximate surface area is 93.8 Å². The highest BCUT2D eigenvalue weighted by atomic mass is 32.2. The quantitative estimate of drug-likeness (QED) is 0.795. The van der Waals surface area contributed by atoms with Crippen LogP contribution in [0.5, 0.6) is 0 Å². The van der Waals surface area contributed by atoms with Crippen LogP contribution in [0.15, 0.2) is 17.3 Å². The van der Waals surface area contributed by atoms with E-state index >= 15 is 0 Å². The Bertz CT molecular complexity index is 315. The van der Waals surface area contributed by atoms with Gasteiger partial charge < -0.3 is 10.1 Å². The molecule has 1 N–H and O–H groups in total. The summed E-state index contributed by atoms with van der Waals surface area (Å²) < 4.78 is 5.32. The molecule has 1 fully saturated rings. The highest BCUT2D eigenvalue weighted by molar-refractivity contribution is 7.99. The molecule has 0 spiro atoms. The van der Waals surface area contributed by atoms with Crippen molar-refractivity contribution in [3.05, 3.63) is 12.3 Å². The van der Waals surface area contributed by atoms with E-state index in [0.717, 1.165) is 31.1 Å². The van der Waals surface area contributed by atoms with Crippen LogP contribution < -0.4 is 5.32 Å². The second-order valence-electron chi connectivity index (χ2n) is 3.40. The monoisotopic (exact) mass is 225 g/mol. The van der Waals surface area contributed by atoms with Gasteiger partial charge in [0.2, 0.25) is 5.95 Å². The summed E-state index contributed by atoms with van der Waals surface area (Å²) in [6.07, 6.45) is 4.02. The van der Waals surface area contributed by atoms with Gasteiger partial charge in [-0.05, 0) is 18.9 Å². The van der Waals surface area contributed by atoms with Crippen LogP contribution in [0.25, 0.3) is 0 Å². The minimum absolute atomic E-state index is 0.637. The summed E-state index contributed by atoms with van der Waals surface area (Å²) in [5, 5.41) is 4.62. The maximum atomic E-state index is 5.32. The Morgan fingerprint density at radius 1 is 1.47 bits per heavy atom. The lowest BCUT2D eigenvalue weighted by Gasteiger charge is -2.20. The molecule has 2 rings (SSSR count). The van der Waals surface area contributed by atoms with E-state index in [1.807, 2.05) is 24.9 Å². The van der Waals surface area contributed by atoms with Gasteiger partial charge in [0.25, 0.3) is 0 Å². The Morgan fingerprint density at radius 3 is 3.00 bits per heavy atom. The molecule has 1 aliphatic heterocycles. The van der Waals surface area contributed by atoms with E-state index in [-0.39, 0.29) is 0 Å². The summed E-state index contributed by atoms with van der Waals surface area (Å²) >= 11 is 1.82. The second-order valence-corrected chi connectivity index (χ2v) is 4.72. The molecule has 5 heteroatoms. The van der Waals surface area contributed by atoms with Crippen LogP contribution in [0.4, 0.5) is 5.95 Å². The lowest BCUT2D eigenvalue weighted by atomic mass is 10.2. The first kappa shape index (κ1) is 10.7. The number of thioether (sulfide) groups is 1. The predicted octanol–water partition coefficient (Wildman–Crippen LogP) is 1.79. The standard InChI is InChI=1S/C10H15N3OS/c1-11-10-12-5-2-9(13-10)15-8-3-6-14-7-4-8/h2,5,8H,3-4,6-7H2,1H3,(H,11,12,13). The minimum Gasteiger partial charge on any atom is -0.381 e. The Kier molecular flexibility index (Phi) is 3.80. The van der Waals surface area contributed by atoms with Gasteiger partial charge in [0.1, 0.15) is 5.03 Å². The van der Waals surface area contributed by atoms with Gasteiger partial charge in [0.05, 0.1) is 0 Å². The molecule has 1 aliphatic rings. The SMILES string of the molecule is CNc1nccc(SC2CCOCC2)n1. The van der Waals surface area contributed by atoms with Crippen molar-refractivity contribution in [2.24, 2.45) is 0 Å². The zero-order chi connectivity index (χ0) is 10.5. The Morgan fingerprint density at radius 2 is 2.27 bits per heavy atom. The first-order valence-electron chi connectivity index (χ1n) is 5.13. The van der Waals surface area contributed by atoms with Crippen LogP contribution in [0.3, 0.4) is 0 Å². The van der Waals surface area contributed by atoms with Crippen LogP contribution in [-0.2, 0) is 4.74 Å². The van der Waals surface area contributed by atoms with Gasteiger partial charge in [-0.3, -0.25) is 0 Å². The molecule has 0 bridgehead atoms. The summed E-state index contributed by atoms with van der Waals surface area (Å²) in [4.78, 5) is 8.48. The molecule has 0 aliphatic carbocycles. The molecule has 0 radical (unpaired) electrons. The maximum Gasteiger partial charge on any atom is 0.223 e. The van der Waals surface area contributed by atoms with Crippen molar-refractivity contribution in [3.8, 4) is 0 Å². The molecule has 0 aromatic carbocycles. The van der Waals surface area contributed by atoms with E-state index in [1.165, 1.54) is 0 Å². The first-order valence-corrected chi connectivity index (χ1v) is 6.01. The minimum atomic E-state index is 0.637. The smallest absolute Gasteiger partial charge is 0.223 e. The van der Waals surface area contributed by atoms with Crippen molar-refractivity contribution in [1.29, 1.82) is 0 Å². The van der Waals surface area contributed by atoms with E-state index in [4.69, 9.17) is 4.74 Å². The van der Waals surface area contributed by atoms with Crippen molar-refractivity contribution in [1.82, 2.24) is 9.97 Å².